The molecule has 2 nitrogen and oxygen atoms in total. The Kier molecular flexibility index (Phi) is 3.96. The molecule has 2 rings (SSSR count). The Hall–Kier alpha value is -0.430. The van der Waals surface area contributed by atoms with Crippen molar-refractivity contribution in [1.82, 2.24) is 3.11 Å². The van der Waals surface area contributed by atoms with Gasteiger partial charge in [0, 0.05) is 42.0 Å². The van der Waals surface area contributed by atoms with Gasteiger partial charge in [0.2, 0.25) is 0 Å². The molecule has 0 unspecified atom stereocenters. The predicted octanol–water partition coefficient (Wildman–Crippen LogP) is 3.16. The topological polar surface area (TPSA) is 12.5 Å². The summed E-state index contributed by atoms with van der Waals surface area (Å²) >= 11 is 2.28. The van der Waals surface area contributed by atoms with Crippen molar-refractivity contribution >= 4 is 22.9 Å². The van der Waals surface area contributed by atoms with E-state index in [1.807, 2.05) is 0 Å². The summed E-state index contributed by atoms with van der Waals surface area (Å²) < 4.78 is 33.4. The lowest BCUT2D eigenvalue weighted by atomic mass is 10.1. The van der Waals surface area contributed by atoms with E-state index >= 15 is 0 Å². The highest BCUT2D eigenvalue weighted by Gasteiger charge is 2.19. The molecule has 1 aliphatic heterocycles. The number of nitrogens with zero attached hydrogens (tertiary/aromatic N) is 1. The second-order valence-corrected chi connectivity index (χ2v) is 5.17. The maximum absolute atomic E-state index is 12.9. The van der Waals surface area contributed by atoms with Crippen LogP contribution in [0.4, 0.5) is 8.78 Å². The summed E-state index contributed by atoms with van der Waals surface area (Å²) in [5.41, 5.74) is 0. The Morgan fingerprint density at radius 1 is 1.19 bits per heavy atom. The van der Waals surface area contributed by atoms with Crippen LogP contribution in [0.1, 0.15) is 12.8 Å². The molecule has 5 heteroatoms. The van der Waals surface area contributed by atoms with Crippen molar-refractivity contribution in [3.8, 4) is 5.75 Å². The van der Waals surface area contributed by atoms with Crippen LogP contribution in [-0.4, -0.2) is 22.3 Å². The van der Waals surface area contributed by atoms with E-state index in [-0.39, 0.29) is 6.10 Å². The molecule has 1 aromatic carbocycles. The average Bonchev–Trinajstić information content (AvgIpc) is 2.27. The van der Waals surface area contributed by atoms with Gasteiger partial charge in [0.25, 0.3) is 0 Å². The van der Waals surface area contributed by atoms with Gasteiger partial charge in [0.15, 0.2) is 11.6 Å². The third-order valence-electron chi connectivity index (χ3n) is 2.58. The van der Waals surface area contributed by atoms with Gasteiger partial charge in [-0.15, -0.1) is 0 Å². The first-order valence-electron chi connectivity index (χ1n) is 5.17. The van der Waals surface area contributed by atoms with E-state index < -0.39 is 11.6 Å². The number of piperidine rings is 1. The van der Waals surface area contributed by atoms with Crippen LogP contribution in [0.3, 0.4) is 0 Å². The smallest absolute Gasteiger partial charge is 0.162 e. The van der Waals surface area contributed by atoms with E-state index in [0.29, 0.717) is 5.75 Å². The molecule has 16 heavy (non-hydrogen) atoms. The predicted molar refractivity (Wildman–Crippen MR) is 65.6 cm³/mol. The highest BCUT2D eigenvalue weighted by atomic mass is 127. The van der Waals surface area contributed by atoms with Gasteiger partial charge >= 0.3 is 0 Å². The van der Waals surface area contributed by atoms with E-state index in [1.54, 1.807) is 0 Å². The summed E-state index contributed by atoms with van der Waals surface area (Å²) in [5.74, 6) is -1.29. The van der Waals surface area contributed by atoms with Crippen molar-refractivity contribution in [1.29, 1.82) is 0 Å². The minimum absolute atomic E-state index is 0.107. The van der Waals surface area contributed by atoms with Crippen LogP contribution >= 0.6 is 22.9 Å². The molecule has 0 bridgehead atoms. The molecule has 0 spiro atoms. The van der Waals surface area contributed by atoms with Gasteiger partial charge in [-0.3, -0.25) is 0 Å². The first kappa shape index (κ1) is 12.0. The molecule has 88 valence electrons. The molecule has 0 aromatic heterocycles. The Morgan fingerprint density at radius 3 is 2.50 bits per heavy atom. The maximum atomic E-state index is 12.9. The Balaban J connectivity index is 1.96. The van der Waals surface area contributed by atoms with Gasteiger partial charge in [-0.1, -0.05) is 0 Å². The fourth-order valence-corrected chi connectivity index (χ4v) is 2.24. The molecular weight excluding hydrogens is 327 g/mol. The molecule has 1 fully saturated rings. The molecule has 0 atom stereocenters. The number of rotatable bonds is 2. The first-order valence-corrected chi connectivity index (χ1v) is 6.14. The van der Waals surface area contributed by atoms with Gasteiger partial charge in [-0.05, 0) is 25.0 Å². The molecule has 0 N–H and O–H groups in total. The SMILES string of the molecule is Fc1ccc(OC2CCN(I)CC2)cc1F. The van der Waals surface area contributed by atoms with E-state index in [9.17, 15) is 8.78 Å². The van der Waals surface area contributed by atoms with Crippen LogP contribution in [0.5, 0.6) is 5.75 Å². The number of benzene rings is 1. The summed E-state index contributed by atoms with van der Waals surface area (Å²) in [6.07, 6.45) is 1.94. The molecule has 1 heterocycles. The second kappa shape index (κ2) is 5.27. The Morgan fingerprint density at radius 2 is 1.88 bits per heavy atom. The van der Waals surface area contributed by atoms with E-state index in [4.69, 9.17) is 4.74 Å². The van der Waals surface area contributed by atoms with Crippen LogP contribution in [0.2, 0.25) is 0 Å². The lowest BCUT2D eigenvalue weighted by Gasteiger charge is -2.27. The minimum Gasteiger partial charge on any atom is -0.490 e. The fraction of sp³-hybridized carbons (Fsp3) is 0.455. The minimum atomic E-state index is -0.858. The van der Waals surface area contributed by atoms with Crippen molar-refractivity contribution in [3.05, 3.63) is 29.8 Å². The molecule has 0 aliphatic carbocycles. The number of hydrogen-bond donors (Lipinski definition) is 0. The van der Waals surface area contributed by atoms with Gasteiger partial charge in [0.05, 0.1) is 0 Å². The highest BCUT2D eigenvalue weighted by molar-refractivity contribution is 14.1. The number of ether oxygens (including phenoxy) is 1. The zero-order chi connectivity index (χ0) is 11.5. The van der Waals surface area contributed by atoms with Crippen molar-refractivity contribution in [2.45, 2.75) is 18.9 Å². The van der Waals surface area contributed by atoms with Crippen molar-refractivity contribution < 1.29 is 13.5 Å². The zero-order valence-corrected chi connectivity index (χ0v) is 10.8. The van der Waals surface area contributed by atoms with Crippen molar-refractivity contribution in [3.63, 3.8) is 0 Å². The third-order valence-corrected chi connectivity index (χ3v) is 3.55. The number of hydrogen-bond acceptors (Lipinski definition) is 2. The molecule has 1 saturated heterocycles. The van der Waals surface area contributed by atoms with Crippen LogP contribution in [0, 0.1) is 11.6 Å². The Labute approximate surface area is 107 Å². The second-order valence-electron chi connectivity index (χ2n) is 3.80. The fourth-order valence-electron chi connectivity index (χ4n) is 1.68. The molecule has 1 aromatic rings. The lowest BCUT2D eigenvalue weighted by Crippen LogP contribution is -2.32. The normalized spacial score (nSPS) is 18.7. The summed E-state index contributed by atoms with van der Waals surface area (Å²) in [6.45, 7) is 1.93. The molecule has 1 aliphatic rings. The van der Waals surface area contributed by atoms with E-state index in [1.165, 1.54) is 6.07 Å². The lowest BCUT2D eigenvalue weighted by molar-refractivity contribution is 0.143. The van der Waals surface area contributed by atoms with E-state index in [0.717, 1.165) is 38.1 Å². The van der Waals surface area contributed by atoms with Gasteiger partial charge < -0.3 is 4.74 Å². The van der Waals surface area contributed by atoms with Crippen molar-refractivity contribution in [2.75, 3.05) is 13.1 Å². The average molecular weight is 339 g/mol. The first-order chi connectivity index (χ1) is 7.65. The summed E-state index contributed by atoms with van der Waals surface area (Å²) in [7, 11) is 0. The van der Waals surface area contributed by atoms with Crippen LogP contribution < -0.4 is 4.74 Å². The third kappa shape index (κ3) is 3.04. The standard InChI is InChI=1S/C11H12F2INO/c12-10-2-1-9(7-11(10)13)16-8-3-5-15(14)6-4-8/h1-2,7-8H,3-6H2. The van der Waals surface area contributed by atoms with Crippen LogP contribution in [0.25, 0.3) is 0 Å². The van der Waals surface area contributed by atoms with Gasteiger partial charge in [-0.2, -0.15) is 0 Å². The molecule has 0 radical (unpaired) electrons. The molecule has 0 amide bonds. The van der Waals surface area contributed by atoms with Crippen LogP contribution in [0.15, 0.2) is 18.2 Å². The molecular formula is C11H12F2INO. The number of halogens is 3. The monoisotopic (exact) mass is 339 g/mol. The highest BCUT2D eigenvalue weighted by Crippen LogP contribution is 2.22. The van der Waals surface area contributed by atoms with Crippen molar-refractivity contribution in [2.24, 2.45) is 0 Å². The Bertz CT molecular complexity index is 367. The summed E-state index contributed by atoms with van der Waals surface area (Å²) in [5, 5.41) is 0. The quantitative estimate of drug-likeness (QED) is 0.606. The van der Waals surface area contributed by atoms with Gasteiger partial charge in [0.1, 0.15) is 11.9 Å². The maximum Gasteiger partial charge on any atom is 0.162 e. The summed E-state index contributed by atoms with van der Waals surface area (Å²) in [4.78, 5) is 0. The van der Waals surface area contributed by atoms with E-state index in [2.05, 4.69) is 26.0 Å². The summed E-state index contributed by atoms with van der Waals surface area (Å²) in [6, 6.07) is 3.67. The van der Waals surface area contributed by atoms with Gasteiger partial charge in [-0.25, -0.2) is 11.9 Å². The van der Waals surface area contributed by atoms with Crippen LogP contribution in [-0.2, 0) is 0 Å². The zero-order valence-electron chi connectivity index (χ0n) is 8.63. The largest absolute Gasteiger partial charge is 0.490 e. The molecule has 0 saturated carbocycles.